The van der Waals surface area contributed by atoms with Crippen molar-refractivity contribution in [2.24, 2.45) is 17.3 Å². The molecule has 3 nitrogen and oxygen atoms in total. The largest absolute Gasteiger partial charge is 0.464 e. The Morgan fingerprint density at radius 2 is 2.00 bits per heavy atom. The monoisotopic (exact) mass is 309 g/mol. The van der Waals surface area contributed by atoms with Crippen LogP contribution >= 0.6 is 0 Å². The van der Waals surface area contributed by atoms with Gasteiger partial charge in [0.25, 0.3) is 0 Å². The number of likely N-dealkylation sites (tertiary alicyclic amines) is 1. The van der Waals surface area contributed by atoms with E-state index in [1.54, 1.807) is 0 Å². The number of ether oxygens (including phenoxy) is 1. The Morgan fingerprint density at radius 3 is 2.55 bits per heavy atom. The lowest BCUT2D eigenvalue weighted by molar-refractivity contribution is -0.151. The number of nitrogens with zero attached hydrogens (tertiary/aromatic N) is 1. The lowest BCUT2D eigenvalue weighted by Crippen LogP contribution is -2.33. The Bertz CT molecular complexity index is 360. The minimum atomic E-state index is 0.0693. The van der Waals surface area contributed by atoms with Crippen LogP contribution in [0.3, 0.4) is 0 Å². The van der Waals surface area contributed by atoms with Crippen LogP contribution in [-0.2, 0) is 9.53 Å². The summed E-state index contributed by atoms with van der Waals surface area (Å²) in [7, 11) is 0. The zero-order chi connectivity index (χ0) is 16.2. The van der Waals surface area contributed by atoms with Crippen molar-refractivity contribution < 1.29 is 9.53 Å². The molecular weight excluding hydrogens is 274 g/mol. The second-order valence-corrected chi connectivity index (χ2v) is 8.30. The molecule has 2 atom stereocenters. The predicted molar refractivity (Wildman–Crippen MR) is 90.7 cm³/mol. The van der Waals surface area contributed by atoms with Gasteiger partial charge in [0.1, 0.15) is 6.61 Å². The molecule has 2 unspecified atom stereocenters. The van der Waals surface area contributed by atoms with E-state index >= 15 is 0 Å². The van der Waals surface area contributed by atoms with Crippen LogP contribution in [0.25, 0.3) is 0 Å². The molecule has 0 aromatic heterocycles. The standard InChI is InChI=1S/C19H35NO2/c1-5-8-17(16-9-6-7-10-16)18(21)22-12-11-20-14-19(3,4)13-15(20)2/h15-17H,5-14H2,1-4H3. The first-order valence-corrected chi connectivity index (χ1v) is 9.33. The molecule has 0 radical (unpaired) electrons. The Balaban J connectivity index is 1.76. The van der Waals surface area contributed by atoms with Crippen LogP contribution in [0, 0.1) is 17.3 Å². The Morgan fingerprint density at radius 1 is 1.32 bits per heavy atom. The van der Waals surface area contributed by atoms with Gasteiger partial charge in [0.05, 0.1) is 5.92 Å². The summed E-state index contributed by atoms with van der Waals surface area (Å²) >= 11 is 0. The highest BCUT2D eigenvalue weighted by atomic mass is 16.5. The average Bonchev–Trinajstić information content (AvgIpc) is 3.04. The topological polar surface area (TPSA) is 29.5 Å². The van der Waals surface area contributed by atoms with E-state index in [0.717, 1.165) is 25.9 Å². The van der Waals surface area contributed by atoms with Crippen LogP contribution in [0.2, 0.25) is 0 Å². The first-order valence-electron chi connectivity index (χ1n) is 9.33. The molecule has 2 rings (SSSR count). The number of carbonyl (C=O) groups excluding carboxylic acids is 1. The van der Waals surface area contributed by atoms with Crippen molar-refractivity contribution in [3.05, 3.63) is 0 Å². The third-order valence-corrected chi connectivity index (χ3v) is 5.60. The van der Waals surface area contributed by atoms with Crippen LogP contribution in [0.4, 0.5) is 0 Å². The molecule has 22 heavy (non-hydrogen) atoms. The molecule has 128 valence electrons. The van der Waals surface area contributed by atoms with Gasteiger partial charge in [0.15, 0.2) is 0 Å². The highest BCUT2D eigenvalue weighted by molar-refractivity contribution is 5.72. The third kappa shape index (κ3) is 4.71. The lowest BCUT2D eigenvalue weighted by Gasteiger charge is -2.24. The van der Waals surface area contributed by atoms with Crippen molar-refractivity contribution in [3.8, 4) is 0 Å². The van der Waals surface area contributed by atoms with Gasteiger partial charge in [-0.3, -0.25) is 9.69 Å². The van der Waals surface area contributed by atoms with Crippen molar-refractivity contribution in [1.82, 2.24) is 4.90 Å². The van der Waals surface area contributed by atoms with Gasteiger partial charge < -0.3 is 4.74 Å². The van der Waals surface area contributed by atoms with Gasteiger partial charge in [-0.1, -0.05) is 40.0 Å². The molecule has 0 amide bonds. The molecule has 0 spiro atoms. The maximum Gasteiger partial charge on any atom is 0.309 e. The first-order chi connectivity index (χ1) is 10.4. The fourth-order valence-electron chi connectivity index (χ4n) is 4.59. The minimum Gasteiger partial charge on any atom is -0.464 e. The number of hydrogen-bond donors (Lipinski definition) is 0. The zero-order valence-corrected chi connectivity index (χ0v) is 15.1. The first kappa shape index (κ1) is 17.8. The molecular formula is C19H35NO2. The van der Waals surface area contributed by atoms with Gasteiger partial charge in [0.2, 0.25) is 0 Å². The predicted octanol–water partition coefficient (Wildman–Crippen LogP) is 4.26. The Labute approximate surface area is 136 Å². The third-order valence-electron chi connectivity index (χ3n) is 5.60. The highest BCUT2D eigenvalue weighted by Gasteiger charge is 2.35. The molecule has 0 N–H and O–H groups in total. The molecule has 1 saturated carbocycles. The zero-order valence-electron chi connectivity index (χ0n) is 15.1. The van der Waals surface area contributed by atoms with Crippen LogP contribution in [0.15, 0.2) is 0 Å². The van der Waals surface area contributed by atoms with Gasteiger partial charge in [0, 0.05) is 19.1 Å². The van der Waals surface area contributed by atoms with E-state index in [0.29, 0.717) is 24.0 Å². The highest BCUT2D eigenvalue weighted by Crippen LogP contribution is 2.35. The van der Waals surface area contributed by atoms with E-state index in [9.17, 15) is 4.79 Å². The smallest absolute Gasteiger partial charge is 0.309 e. The fraction of sp³-hybridized carbons (Fsp3) is 0.947. The summed E-state index contributed by atoms with van der Waals surface area (Å²) in [4.78, 5) is 14.9. The molecule has 1 aliphatic heterocycles. The van der Waals surface area contributed by atoms with Crippen molar-refractivity contribution in [2.75, 3.05) is 19.7 Å². The summed E-state index contributed by atoms with van der Waals surface area (Å²) in [5.74, 6) is 0.803. The van der Waals surface area contributed by atoms with E-state index in [-0.39, 0.29) is 11.9 Å². The molecule has 2 fully saturated rings. The Kier molecular flexibility index (Phi) is 6.31. The molecule has 3 heteroatoms. The lowest BCUT2D eigenvalue weighted by atomic mass is 9.87. The quantitative estimate of drug-likeness (QED) is 0.658. The molecule has 1 heterocycles. The second kappa shape index (κ2) is 7.81. The normalized spacial score (nSPS) is 27.2. The SMILES string of the molecule is CCCC(C(=O)OCCN1CC(C)(C)CC1C)C1CCCC1. The van der Waals surface area contributed by atoms with Crippen molar-refractivity contribution in [3.63, 3.8) is 0 Å². The van der Waals surface area contributed by atoms with E-state index in [4.69, 9.17) is 4.74 Å². The van der Waals surface area contributed by atoms with E-state index in [1.807, 2.05) is 0 Å². The van der Waals surface area contributed by atoms with Gasteiger partial charge in [-0.05, 0) is 43.9 Å². The molecule has 0 aromatic rings. The summed E-state index contributed by atoms with van der Waals surface area (Å²) in [6.07, 6.45) is 8.33. The van der Waals surface area contributed by atoms with E-state index < -0.39 is 0 Å². The van der Waals surface area contributed by atoms with Gasteiger partial charge >= 0.3 is 5.97 Å². The number of hydrogen-bond acceptors (Lipinski definition) is 3. The summed E-state index contributed by atoms with van der Waals surface area (Å²) in [6, 6.07) is 0.606. The molecule has 1 saturated heterocycles. The molecule has 1 aliphatic carbocycles. The van der Waals surface area contributed by atoms with E-state index in [1.165, 1.54) is 32.1 Å². The number of rotatable bonds is 7. The van der Waals surface area contributed by atoms with Gasteiger partial charge in [-0.15, -0.1) is 0 Å². The van der Waals surface area contributed by atoms with Crippen molar-refractivity contribution in [2.45, 2.75) is 78.7 Å². The maximum atomic E-state index is 12.5. The van der Waals surface area contributed by atoms with Gasteiger partial charge in [-0.25, -0.2) is 0 Å². The summed E-state index contributed by atoms with van der Waals surface area (Å²) in [5.41, 5.74) is 0.401. The fourth-order valence-corrected chi connectivity index (χ4v) is 4.59. The van der Waals surface area contributed by atoms with Crippen LogP contribution < -0.4 is 0 Å². The Hall–Kier alpha value is -0.570. The van der Waals surface area contributed by atoms with Crippen LogP contribution in [-0.4, -0.2) is 36.6 Å². The molecule has 0 aromatic carbocycles. The minimum absolute atomic E-state index is 0.0693. The summed E-state index contributed by atoms with van der Waals surface area (Å²) in [6.45, 7) is 11.7. The summed E-state index contributed by atoms with van der Waals surface area (Å²) in [5, 5.41) is 0. The van der Waals surface area contributed by atoms with Crippen molar-refractivity contribution >= 4 is 5.97 Å². The van der Waals surface area contributed by atoms with Crippen LogP contribution in [0.5, 0.6) is 0 Å². The maximum absolute atomic E-state index is 12.5. The van der Waals surface area contributed by atoms with E-state index in [2.05, 4.69) is 32.6 Å². The second-order valence-electron chi connectivity index (χ2n) is 8.30. The molecule has 2 aliphatic rings. The summed E-state index contributed by atoms with van der Waals surface area (Å²) < 4.78 is 5.67. The molecule has 0 bridgehead atoms. The average molecular weight is 309 g/mol. The number of esters is 1. The number of carbonyl (C=O) groups is 1. The van der Waals surface area contributed by atoms with Crippen molar-refractivity contribution in [1.29, 1.82) is 0 Å². The van der Waals surface area contributed by atoms with Gasteiger partial charge in [-0.2, -0.15) is 0 Å². The van der Waals surface area contributed by atoms with Crippen LogP contribution in [0.1, 0.15) is 72.6 Å².